The van der Waals surface area contributed by atoms with E-state index in [-0.39, 0.29) is 6.79 Å². The second kappa shape index (κ2) is 8.81. The molecule has 9 heteroatoms. The van der Waals surface area contributed by atoms with E-state index in [1.165, 1.54) is 0 Å². The SMILES string of the molecule is NCc1ccc(OCOOOOOOO)cc1. The molecule has 3 N–H and O–H groups in total. The van der Waals surface area contributed by atoms with Gasteiger partial charge in [-0.15, -0.1) is 0 Å². The van der Waals surface area contributed by atoms with Gasteiger partial charge in [0, 0.05) is 6.54 Å². The minimum atomic E-state index is -0.259. The Labute approximate surface area is 95.7 Å². The third-order valence-corrected chi connectivity index (χ3v) is 1.59. The summed E-state index contributed by atoms with van der Waals surface area (Å²) in [4.78, 5) is 4.33. The van der Waals surface area contributed by atoms with Gasteiger partial charge in [0.25, 0.3) is 0 Å². The molecule has 9 nitrogen and oxygen atoms in total. The van der Waals surface area contributed by atoms with E-state index in [0.717, 1.165) is 5.56 Å². The van der Waals surface area contributed by atoms with Crippen molar-refractivity contribution >= 4 is 0 Å². The van der Waals surface area contributed by atoms with Crippen molar-refractivity contribution in [1.29, 1.82) is 0 Å². The van der Waals surface area contributed by atoms with Crippen LogP contribution in [0.1, 0.15) is 5.56 Å². The fraction of sp³-hybridized carbons (Fsp3) is 0.250. The number of hydrogen-bond acceptors (Lipinski definition) is 9. The molecule has 0 radical (unpaired) electrons. The maximum Gasteiger partial charge on any atom is 0.224 e. The fourth-order valence-electron chi connectivity index (χ4n) is 0.888. The lowest BCUT2D eigenvalue weighted by molar-refractivity contribution is -0.788. The lowest BCUT2D eigenvalue weighted by Crippen LogP contribution is -2.05. The predicted octanol–water partition coefficient (Wildman–Crippen LogP) is 0.629. The first-order chi connectivity index (χ1) is 8.36. The molecule has 0 fully saturated rings. The summed E-state index contributed by atoms with van der Waals surface area (Å²) in [6.45, 7) is 0.198. The molecule has 1 rings (SSSR count). The van der Waals surface area contributed by atoms with Crippen molar-refractivity contribution in [2.75, 3.05) is 6.79 Å². The second-order valence-electron chi connectivity index (χ2n) is 2.57. The Morgan fingerprint density at radius 2 is 1.71 bits per heavy atom. The molecule has 0 aromatic heterocycles. The third-order valence-electron chi connectivity index (χ3n) is 1.59. The summed E-state index contributed by atoms with van der Waals surface area (Å²) in [5, 5.41) is 25.2. The third kappa shape index (κ3) is 6.11. The number of benzene rings is 1. The van der Waals surface area contributed by atoms with Crippen LogP contribution in [-0.2, 0) is 36.6 Å². The van der Waals surface area contributed by atoms with Gasteiger partial charge >= 0.3 is 0 Å². The Morgan fingerprint density at radius 1 is 1.00 bits per heavy atom. The van der Waals surface area contributed by atoms with Crippen LogP contribution in [0.3, 0.4) is 0 Å². The van der Waals surface area contributed by atoms with Gasteiger partial charge in [0.05, 0.1) is 0 Å². The highest BCUT2D eigenvalue weighted by Crippen LogP contribution is 2.11. The molecule has 0 aliphatic carbocycles. The highest BCUT2D eigenvalue weighted by Gasteiger charge is 1.96. The van der Waals surface area contributed by atoms with Crippen molar-refractivity contribution in [1.82, 2.24) is 0 Å². The molecule has 0 unspecified atom stereocenters. The van der Waals surface area contributed by atoms with Gasteiger partial charge < -0.3 is 10.5 Å². The van der Waals surface area contributed by atoms with Crippen LogP contribution in [0.25, 0.3) is 0 Å². The lowest BCUT2D eigenvalue weighted by atomic mass is 10.2. The van der Waals surface area contributed by atoms with E-state index in [9.17, 15) is 0 Å². The molecular formula is C8H11NO8. The fourth-order valence-corrected chi connectivity index (χ4v) is 0.888. The van der Waals surface area contributed by atoms with E-state index in [1.54, 1.807) is 12.1 Å². The summed E-state index contributed by atoms with van der Waals surface area (Å²) in [6, 6.07) is 7.04. The van der Waals surface area contributed by atoms with Gasteiger partial charge in [0.1, 0.15) is 5.75 Å². The van der Waals surface area contributed by atoms with Crippen molar-refractivity contribution in [2.45, 2.75) is 6.54 Å². The molecule has 17 heavy (non-hydrogen) atoms. The topological polar surface area (TPSA) is 111 Å². The molecule has 0 heterocycles. The molecule has 1 aromatic carbocycles. The monoisotopic (exact) mass is 249 g/mol. The van der Waals surface area contributed by atoms with Crippen molar-refractivity contribution in [3.8, 4) is 5.75 Å². The van der Waals surface area contributed by atoms with Crippen LogP contribution in [0.15, 0.2) is 24.3 Å². The molecule has 0 bridgehead atoms. The summed E-state index contributed by atoms with van der Waals surface area (Å²) in [7, 11) is 0. The number of rotatable bonds is 9. The Bertz CT molecular complexity index is 292. The van der Waals surface area contributed by atoms with Gasteiger partial charge in [0.2, 0.25) is 6.79 Å². The first-order valence-electron chi connectivity index (χ1n) is 4.38. The number of nitrogens with two attached hydrogens (primary N) is 1. The van der Waals surface area contributed by atoms with Gasteiger partial charge in [-0.2, -0.15) is 4.89 Å². The normalized spacial score (nSPS) is 10.5. The number of hydrogen-bond donors (Lipinski definition) is 2. The highest BCUT2D eigenvalue weighted by molar-refractivity contribution is 5.26. The van der Waals surface area contributed by atoms with Crippen molar-refractivity contribution < 1.29 is 40.1 Å². The largest absolute Gasteiger partial charge is 0.465 e. The molecule has 0 spiro atoms. The molecule has 0 atom stereocenters. The summed E-state index contributed by atoms with van der Waals surface area (Å²) in [6.07, 6.45) is 0. The van der Waals surface area contributed by atoms with Gasteiger partial charge in [-0.25, -0.2) is 5.26 Å². The van der Waals surface area contributed by atoms with E-state index in [2.05, 4.69) is 30.1 Å². The maximum absolute atomic E-state index is 7.60. The number of ether oxygens (including phenoxy) is 1. The summed E-state index contributed by atoms with van der Waals surface area (Å²) >= 11 is 0. The highest BCUT2D eigenvalue weighted by atomic mass is 17.9. The zero-order valence-electron chi connectivity index (χ0n) is 8.61. The smallest absolute Gasteiger partial charge is 0.224 e. The zero-order valence-corrected chi connectivity index (χ0v) is 8.61. The van der Waals surface area contributed by atoms with Crippen LogP contribution in [0.5, 0.6) is 5.75 Å². The maximum atomic E-state index is 7.60. The predicted molar refractivity (Wildman–Crippen MR) is 49.0 cm³/mol. The molecule has 0 saturated heterocycles. The van der Waals surface area contributed by atoms with E-state index < -0.39 is 0 Å². The summed E-state index contributed by atoms with van der Waals surface area (Å²) in [5.41, 5.74) is 6.40. The van der Waals surface area contributed by atoms with Crippen LogP contribution in [0.4, 0.5) is 0 Å². The average molecular weight is 249 g/mol. The molecular weight excluding hydrogens is 238 g/mol. The standard InChI is InChI=1S/C8H11NO8/c9-5-7-1-3-8(4-2-7)11-6-12-14-16-17-15-13-10/h1-4,10H,5-6,9H2. The summed E-state index contributed by atoms with van der Waals surface area (Å²) in [5.74, 6) is 0.557. The minimum absolute atomic E-state index is 0.259. The van der Waals surface area contributed by atoms with E-state index in [4.69, 9.17) is 15.7 Å². The first kappa shape index (κ1) is 13.8. The molecule has 1 aromatic rings. The first-order valence-corrected chi connectivity index (χ1v) is 4.38. The van der Waals surface area contributed by atoms with Crippen LogP contribution >= 0.6 is 0 Å². The molecule has 0 saturated carbocycles. The van der Waals surface area contributed by atoms with Gasteiger partial charge in [-0.05, 0) is 42.9 Å². The molecule has 0 aliphatic rings. The quantitative estimate of drug-likeness (QED) is 0.281. The molecule has 0 amide bonds. The summed E-state index contributed by atoms with van der Waals surface area (Å²) < 4.78 is 5.07. The van der Waals surface area contributed by atoms with Gasteiger partial charge in [-0.1, -0.05) is 12.1 Å². The van der Waals surface area contributed by atoms with E-state index >= 15 is 0 Å². The van der Waals surface area contributed by atoms with Crippen molar-refractivity contribution in [3.63, 3.8) is 0 Å². The Balaban J connectivity index is 2.05. The van der Waals surface area contributed by atoms with Gasteiger partial charge in [0.15, 0.2) is 0 Å². The van der Waals surface area contributed by atoms with Gasteiger partial charge in [-0.3, -0.25) is 0 Å². The Kier molecular flexibility index (Phi) is 7.13. The van der Waals surface area contributed by atoms with Crippen LogP contribution in [0.2, 0.25) is 0 Å². The van der Waals surface area contributed by atoms with Crippen molar-refractivity contribution in [3.05, 3.63) is 29.8 Å². The van der Waals surface area contributed by atoms with Crippen molar-refractivity contribution in [2.24, 2.45) is 5.73 Å². The second-order valence-corrected chi connectivity index (χ2v) is 2.57. The Hall–Kier alpha value is -1.30. The molecule has 96 valence electrons. The minimum Gasteiger partial charge on any atom is -0.465 e. The van der Waals surface area contributed by atoms with E-state index in [0.29, 0.717) is 12.3 Å². The Morgan fingerprint density at radius 3 is 2.35 bits per heavy atom. The molecule has 0 aliphatic heterocycles. The van der Waals surface area contributed by atoms with Crippen LogP contribution < -0.4 is 10.5 Å². The lowest BCUT2D eigenvalue weighted by Gasteiger charge is -2.05. The van der Waals surface area contributed by atoms with E-state index in [1.807, 2.05) is 12.1 Å². The van der Waals surface area contributed by atoms with Crippen LogP contribution in [0, 0.1) is 0 Å². The zero-order chi connectivity index (χ0) is 12.3. The average Bonchev–Trinajstić information content (AvgIpc) is 2.38. The van der Waals surface area contributed by atoms with Crippen LogP contribution in [-0.4, -0.2) is 12.1 Å².